The van der Waals surface area contributed by atoms with Crippen molar-refractivity contribution in [3.05, 3.63) is 71.8 Å². The zero-order chi connectivity index (χ0) is 23.9. The van der Waals surface area contributed by atoms with E-state index in [9.17, 15) is 14.0 Å². The molecule has 1 aliphatic rings. The van der Waals surface area contributed by atoms with Crippen molar-refractivity contribution in [2.75, 3.05) is 26.2 Å². The fourth-order valence-electron chi connectivity index (χ4n) is 4.12. The van der Waals surface area contributed by atoms with Crippen LogP contribution in [0.3, 0.4) is 0 Å². The molecule has 34 heavy (non-hydrogen) atoms. The van der Waals surface area contributed by atoms with E-state index < -0.39 is 6.04 Å². The van der Waals surface area contributed by atoms with Gasteiger partial charge in [-0.15, -0.1) is 0 Å². The average Bonchev–Trinajstić information content (AvgIpc) is 3.17. The maximum Gasteiger partial charge on any atom is 0.257 e. The minimum Gasteiger partial charge on any atom is -0.344 e. The van der Waals surface area contributed by atoms with Gasteiger partial charge in [-0.25, -0.2) is 4.39 Å². The number of nitrogens with zero attached hydrogens (tertiary/aromatic N) is 4. The Bertz CT molecular complexity index is 1120. The third kappa shape index (κ3) is 6.05. The first kappa shape index (κ1) is 23.6. The first-order valence-corrected chi connectivity index (χ1v) is 11.4. The van der Waals surface area contributed by atoms with Crippen LogP contribution in [-0.4, -0.2) is 64.0 Å². The number of aromatic nitrogens is 2. The Hall–Kier alpha value is -3.59. The molecule has 1 unspecified atom stereocenters. The lowest BCUT2D eigenvalue weighted by molar-refractivity contribution is -0.136. The summed E-state index contributed by atoms with van der Waals surface area (Å²) in [5.74, 6) is 0.161. The van der Waals surface area contributed by atoms with Crippen LogP contribution in [0.1, 0.15) is 24.7 Å². The van der Waals surface area contributed by atoms with Crippen molar-refractivity contribution in [3.63, 3.8) is 0 Å². The number of carbonyl (C=O) groups is 2. The number of rotatable bonds is 7. The van der Waals surface area contributed by atoms with Crippen molar-refractivity contribution in [3.8, 4) is 11.5 Å². The predicted octanol–water partition coefficient (Wildman–Crippen LogP) is 2.66. The zero-order valence-corrected chi connectivity index (χ0v) is 19.1. The zero-order valence-electron chi connectivity index (χ0n) is 19.1. The average molecular weight is 466 g/mol. The van der Waals surface area contributed by atoms with Gasteiger partial charge >= 0.3 is 0 Å². The molecule has 0 bridgehead atoms. The SMILES string of the molecule is CC(=O)NC(Cc1ccccc1F)C(=O)N1CCCN(Cc2noc(-c3ccccc3)n2)CC1. The van der Waals surface area contributed by atoms with Crippen molar-refractivity contribution >= 4 is 11.8 Å². The molecule has 0 radical (unpaired) electrons. The quantitative estimate of drug-likeness (QED) is 0.577. The van der Waals surface area contributed by atoms with Gasteiger partial charge in [0.15, 0.2) is 5.82 Å². The number of hydrogen-bond donors (Lipinski definition) is 1. The number of halogens is 1. The van der Waals surface area contributed by atoms with Gasteiger partial charge in [-0.1, -0.05) is 41.6 Å². The lowest BCUT2D eigenvalue weighted by Crippen LogP contribution is -2.50. The van der Waals surface area contributed by atoms with Crippen LogP contribution in [-0.2, 0) is 22.6 Å². The molecular weight excluding hydrogens is 437 g/mol. The Labute approximate surface area is 197 Å². The number of nitrogens with one attached hydrogen (secondary N) is 1. The minimum absolute atomic E-state index is 0.108. The maximum absolute atomic E-state index is 14.2. The van der Waals surface area contributed by atoms with Crippen LogP contribution >= 0.6 is 0 Å². The van der Waals surface area contributed by atoms with E-state index in [1.165, 1.54) is 13.0 Å². The van der Waals surface area contributed by atoms with Crippen LogP contribution in [0, 0.1) is 5.82 Å². The van der Waals surface area contributed by atoms with Gasteiger partial charge in [-0.2, -0.15) is 4.98 Å². The fourth-order valence-corrected chi connectivity index (χ4v) is 4.12. The van der Waals surface area contributed by atoms with Gasteiger partial charge in [0.05, 0.1) is 6.54 Å². The molecule has 1 atom stereocenters. The first-order chi connectivity index (χ1) is 16.5. The molecule has 9 heteroatoms. The summed E-state index contributed by atoms with van der Waals surface area (Å²) in [6.45, 7) is 4.34. The number of carbonyl (C=O) groups excluding carboxylic acids is 2. The summed E-state index contributed by atoms with van der Waals surface area (Å²) in [6.07, 6.45) is 0.873. The molecule has 2 amide bonds. The molecule has 0 aliphatic carbocycles. The maximum atomic E-state index is 14.2. The smallest absolute Gasteiger partial charge is 0.257 e. The first-order valence-electron chi connectivity index (χ1n) is 11.4. The summed E-state index contributed by atoms with van der Waals surface area (Å²) >= 11 is 0. The summed E-state index contributed by atoms with van der Waals surface area (Å²) in [5, 5.41) is 6.80. The summed E-state index contributed by atoms with van der Waals surface area (Å²) in [4.78, 5) is 33.4. The summed E-state index contributed by atoms with van der Waals surface area (Å²) in [7, 11) is 0. The second-order valence-corrected chi connectivity index (χ2v) is 8.39. The summed E-state index contributed by atoms with van der Waals surface area (Å²) in [6, 6.07) is 15.1. The monoisotopic (exact) mass is 465 g/mol. The number of benzene rings is 2. The molecule has 1 fully saturated rings. The molecule has 2 heterocycles. The molecule has 3 aromatic rings. The summed E-state index contributed by atoms with van der Waals surface area (Å²) in [5.41, 5.74) is 1.27. The van der Waals surface area contributed by atoms with Crippen molar-refractivity contribution in [1.29, 1.82) is 0 Å². The van der Waals surface area contributed by atoms with E-state index in [1.807, 2.05) is 30.3 Å². The van der Waals surface area contributed by atoms with Crippen LogP contribution in [0.2, 0.25) is 0 Å². The number of hydrogen-bond acceptors (Lipinski definition) is 6. The molecule has 2 aromatic carbocycles. The Morgan fingerprint density at radius 2 is 1.82 bits per heavy atom. The highest BCUT2D eigenvalue weighted by Crippen LogP contribution is 2.17. The van der Waals surface area contributed by atoms with Gasteiger partial charge in [0.2, 0.25) is 11.8 Å². The molecule has 1 aromatic heterocycles. The van der Waals surface area contributed by atoms with E-state index >= 15 is 0 Å². The van der Waals surface area contributed by atoms with Gasteiger partial charge in [0.25, 0.3) is 5.89 Å². The second kappa shape index (κ2) is 11.0. The van der Waals surface area contributed by atoms with E-state index in [2.05, 4.69) is 20.4 Å². The third-order valence-electron chi connectivity index (χ3n) is 5.81. The number of amides is 2. The van der Waals surface area contributed by atoms with E-state index in [0.29, 0.717) is 43.5 Å². The molecule has 0 saturated carbocycles. The molecule has 4 rings (SSSR count). The van der Waals surface area contributed by atoms with Crippen LogP contribution in [0.25, 0.3) is 11.5 Å². The van der Waals surface area contributed by atoms with Crippen molar-refractivity contribution in [2.24, 2.45) is 0 Å². The van der Waals surface area contributed by atoms with Gasteiger partial charge in [-0.3, -0.25) is 14.5 Å². The Balaban J connectivity index is 1.37. The van der Waals surface area contributed by atoms with Crippen molar-refractivity contribution in [1.82, 2.24) is 25.3 Å². The fraction of sp³-hybridized carbons (Fsp3) is 0.360. The molecule has 178 valence electrons. The molecule has 1 aliphatic heterocycles. The minimum atomic E-state index is -0.813. The van der Waals surface area contributed by atoms with Crippen LogP contribution in [0.4, 0.5) is 4.39 Å². The third-order valence-corrected chi connectivity index (χ3v) is 5.81. The molecule has 8 nitrogen and oxygen atoms in total. The summed E-state index contributed by atoms with van der Waals surface area (Å²) < 4.78 is 19.6. The van der Waals surface area contributed by atoms with Gasteiger partial charge < -0.3 is 14.7 Å². The highest BCUT2D eigenvalue weighted by atomic mass is 19.1. The topological polar surface area (TPSA) is 91.6 Å². The van der Waals surface area contributed by atoms with E-state index in [1.54, 1.807) is 23.1 Å². The largest absolute Gasteiger partial charge is 0.344 e. The lowest BCUT2D eigenvalue weighted by Gasteiger charge is -2.27. The van der Waals surface area contributed by atoms with Crippen molar-refractivity contribution in [2.45, 2.75) is 32.4 Å². The van der Waals surface area contributed by atoms with Crippen LogP contribution < -0.4 is 5.32 Å². The van der Waals surface area contributed by atoms with Crippen molar-refractivity contribution < 1.29 is 18.5 Å². The van der Waals surface area contributed by atoms with E-state index in [0.717, 1.165) is 18.5 Å². The van der Waals surface area contributed by atoms with Gasteiger partial charge in [0.1, 0.15) is 11.9 Å². The highest BCUT2D eigenvalue weighted by molar-refractivity contribution is 5.87. The molecule has 0 spiro atoms. The second-order valence-electron chi connectivity index (χ2n) is 8.39. The molecular formula is C25H28FN5O3. The molecule has 1 N–H and O–H groups in total. The van der Waals surface area contributed by atoms with Crippen LogP contribution in [0.5, 0.6) is 0 Å². The van der Waals surface area contributed by atoms with E-state index in [-0.39, 0.29) is 24.1 Å². The van der Waals surface area contributed by atoms with Gasteiger partial charge in [-0.05, 0) is 30.2 Å². The Morgan fingerprint density at radius 3 is 2.59 bits per heavy atom. The molecule has 1 saturated heterocycles. The Morgan fingerprint density at radius 1 is 1.06 bits per heavy atom. The highest BCUT2D eigenvalue weighted by Gasteiger charge is 2.28. The van der Waals surface area contributed by atoms with Crippen LogP contribution in [0.15, 0.2) is 59.1 Å². The predicted molar refractivity (Wildman–Crippen MR) is 124 cm³/mol. The van der Waals surface area contributed by atoms with E-state index in [4.69, 9.17) is 4.52 Å². The van der Waals surface area contributed by atoms with Gasteiger partial charge in [0, 0.05) is 45.1 Å². The Kier molecular flexibility index (Phi) is 7.64. The lowest BCUT2D eigenvalue weighted by atomic mass is 10.0. The standard InChI is InChI=1S/C25H28FN5O3/c1-18(32)27-22(16-20-10-5-6-11-21(20)26)25(33)31-13-7-12-30(14-15-31)17-23-28-24(34-29-23)19-8-3-2-4-9-19/h2-6,8-11,22H,7,12-17H2,1H3,(H,27,32). The normalized spacial score (nSPS) is 15.5.